The van der Waals surface area contributed by atoms with E-state index in [1.54, 1.807) is 11.3 Å². The van der Waals surface area contributed by atoms with Crippen molar-refractivity contribution >= 4 is 17.3 Å². The zero-order chi connectivity index (χ0) is 18.4. The first-order chi connectivity index (χ1) is 12.6. The second-order valence-electron chi connectivity index (χ2n) is 8.94. The molecule has 0 saturated heterocycles. The van der Waals surface area contributed by atoms with Crippen LogP contribution in [0.5, 0.6) is 0 Å². The van der Waals surface area contributed by atoms with E-state index < -0.39 is 5.97 Å². The summed E-state index contributed by atoms with van der Waals surface area (Å²) in [5, 5.41) is 11.4. The number of carbonyl (C=O) groups is 1. The summed E-state index contributed by atoms with van der Waals surface area (Å²) < 4.78 is 0. The lowest BCUT2D eigenvalue weighted by atomic mass is 9.78. The van der Waals surface area contributed by atoms with Crippen LogP contribution in [0.15, 0.2) is 5.38 Å². The number of aromatic carboxylic acids is 1. The highest BCUT2D eigenvalue weighted by Gasteiger charge is 2.22. The van der Waals surface area contributed by atoms with Gasteiger partial charge in [-0.05, 0) is 61.8 Å². The number of hydrogen-bond donors (Lipinski definition) is 1. The molecule has 2 nitrogen and oxygen atoms in total. The minimum Gasteiger partial charge on any atom is -0.478 e. The molecule has 3 rings (SSSR count). The van der Waals surface area contributed by atoms with Crippen molar-refractivity contribution in [2.75, 3.05) is 0 Å². The third kappa shape index (κ3) is 5.58. The summed E-state index contributed by atoms with van der Waals surface area (Å²) >= 11 is 1.69. The van der Waals surface area contributed by atoms with Gasteiger partial charge in [-0.3, -0.25) is 0 Å². The van der Waals surface area contributed by atoms with Crippen LogP contribution in [0.4, 0.5) is 0 Å². The maximum atomic E-state index is 11.6. The Bertz CT molecular complexity index is 577. The predicted molar refractivity (Wildman–Crippen MR) is 110 cm³/mol. The van der Waals surface area contributed by atoms with Gasteiger partial charge in [0.25, 0.3) is 0 Å². The van der Waals surface area contributed by atoms with E-state index >= 15 is 0 Å². The molecule has 1 aromatic heterocycles. The molecule has 1 saturated carbocycles. The minimum absolute atomic E-state index is 0.583. The summed E-state index contributed by atoms with van der Waals surface area (Å²) in [5.74, 6) is 1.95. The largest absolute Gasteiger partial charge is 0.478 e. The van der Waals surface area contributed by atoms with Crippen LogP contribution in [0.25, 0.3) is 0 Å². The summed E-state index contributed by atoms with van der Waals surface area (Å²) in [7, 11) is 0. The van der Waals surface area contributed by atoms with Crippen LogP contribution in [0.2, 0.25) is 0 Å². The van der Waals surface area contributed by atoms with Gasteiger partial charge in [0.2, 0.25) is 0 Å². The van der Waals surface area contributed by atoms with Gasteiger partial charge in [0.15, 0.2) is 0 Å². The van der Waals surface area contributed by atoms with E-state index in [2.05, 4.69) is 6.92 Å². The molecule has 1 fully saturated rings. The van der Waals surface area contributed by atoms with Crippen molar-refractivity contribution in [3.8, 4) is 0 Å². The normalized spacial score (nSPS) is 29.0. The highest BCUT2D eigenvalue weighted by Crippen LogP contribution is 2.35. The number of carboxylic acids is 1. The van der Waals surface area contributed by atoms with Gasteiger partial charge in [-0.2, -0.15) is 0 Å². The van der Waals surface area contributed by atoms with Gasteiger partial charge in [-0.1, -0.05) is 58.3 Å². The van der Waals surface area contributed by atoms with Gasteiger partial charge in [-0.15, -0.1) is 11.3 Å². The monoisotopic (exact) mass is 376 g/mol. The van der Waals surface area contributed by atoms with Crippen LogP contribution in [-0.2, 0) is 12.8 Å². The molecule has 2 bridgehead atoms. The van der Waals surface area contributed by atoms with Crippen LogP contribution in [0.3, 0.4) is 0 Å². The Morgan fingerprint density at radius 1 is 0.923 bits per heavy atom. The maximum Gasteiger partial charge on any atom is 0.336 e. The van der Waals surface area contributed by atoms with E-state index in [1.165, 1.54) is 75.5 Å². The molecular weight excluding hydrogens is 340 g/mol. The minimum atomic E-state index is -0.734. The van der Waals surface area contributed by atoms with Gasteiger partial charge >= 0.3 is 5.97 Å². The molecule has 1 heterocycles. The second-order valence-corrected chi connectivity index (χ2v) is 9.91. The first kappa shape index (κ1) is 19.9. The maximum absolute atomic E-state index is 11.6. The van der Waals surface area contributed by atoms with Crippen molar-refractivity contribution in [2.24, 2.45) is 17.8 Å². The van der Waals surface area contributed by atoms with Gasteiger partial charge in [-0.25, -0.2) is 4.79 Å². The van der Waals surface area contributed by atoms with Crippen LogP contribution < -0.4 is 0 Å². The topological polar surface area (TPSA) is 37.3 Å². The second kappa shape index (κ2) is 9.92. The Hall–Kier alpha value is -0.830. The Morgan fingerprint density at radius 2 is 1.65 bits per heavy atom. The number of hydrogen-bond acceptors (Lipinski definition) is 2. The molecule has 2 aliphatic rings. The van der Waals surface area contributed by atoms with Crippen LogP contribution in [0, 0.1) is 17.8 Å². The van der Waals surface area contributed by atoms with Gasteiger partial charge in [0.05, 0.1) is 5.56 Å². The highest BCUT2D eigenvalue weighted by atomic mass is 32.1. The molecule has 0 radical (unpaired) electrons. The Balaban J connectivity index is 1.72. The van der Waals surface area contributed by atoms with E-state index in [-0.39, 0.29) is 0 Å². The van der Waals surface area contributed by atoms with Crippen LogP contribution >= 0.6 is 11.3 Å². The summed E-state index contributed by atoms with van der Waals surface area (Å²) in [6.45, 7) is 2.47. The van der Waals surface area contributed by atoms with Gasteiger partial charge in [0.1, 0.15) is 0 Å². The smallest absolute Gasteiger partial charge is 0.336 e. The molecule has 3 heteroatoms. The van der Waals surface area contributed by atoms with Crippen molar-refractivity contribution < 1.29 is 9.90 Å². The molecule has 0 spiro atoms. The molecule has 26 heavy (non-hydrogen) atoms. The standard InChI is InChI=1S/C23H36O2S/c1-17-8-3-2-4-9-18-11-7-12-20-21(23(24)25)16-26-22(20)13-6-5-10-19(14-17)15-18/h16-19H,2-15H2,1H3,(H,24,25). The zero-order valence-electron chi connectivity index (χ0n) is 16.5. The lowest BCUT2D eigenvalue weighted by Gasteiger charge is -2.28. The molecule has 3 atom stereocenters. The van der Waals surface area contributed by atoms with Crippen LogP contribution in [0.1, 0.15) is 105 Å². The van der Waals surface area contributed by atoms with Crippen LogP contribution in [-0.4, -0.2) is 11.1 Å². The van der Waals surface area contributed by atoms with E-state index in [1.807, 2.05) is 5.38 Å². The first-order valence-electron chi connectivity index (χ1n) is 11.0. The van der Waals surface area contributed by atoms with Crippen molar-refractivity contribution in [3.63, 3.8) is 0 Å². The first-order valence-corrected chi connectivity index (χ1v) is 11.8. The highest BCUT2D eigenvalue weighted by molar-refractivity contribution is 7.10. The Morgan fingerprint density at radius 3 is 2.50 bits per heavy atom. The zero-order valence-corrected chi connectivity index (χ0v) is 17.3. The molecule has 3 unspecified atom stereocenters. The number of fused-ring (bicyclic) bond motifs is 3. The van der Waals surface area contributed by atoms with Crippen molar-refractivity contribution in [1.82, 2.24) is 0 Å². The summed E-state index contributed by atoms with van der Waals surface area (Å²) in [6, 6.07) is 0. The molecule has 0 aliphatic heterocycles. The fourth-order valence-electron chi connectivity index (χ4n) is 5.34. The quantitative estimate of drug-likeness (QED) is 0.567. The average Bonchev–Trinajstić information content (AvgIpc) is 2.99. The van der Waals surface area contributed by atoms with E-state index in [0.717, 1.165) is 42.6 Å². The molecule has 1 N–H and O–H groups in total. The molecule has 2 aliphatic carbocycles. The van der Waals surface area contributed by atoms with Crippen molar-refractivity contribution in [3.05, 3.63) is 21.4 Å². The summed E-state index contributed by atoms with van der Waals surface area (Å²) in [4.78, 5) is 12.9. The SMILES string of the molecule is CC1CCCCCC2CCCc3c(C(=O)O)csc3CCCCC(C1)C2. The number of thiophene rings is 1. The average molecular weight is 377 g/mol. The third-order valence-electron chi connectivity index (χ3n) is 6.73. The molecule has 146 valence electrons. The predicted octanol–water partition coefficient (Wildman–Crippen LogP) is 7.11. The Kier molecular flexibility index (Phi) is 7.60. The fraction of sp³-hybridized carbons (Fsp3) is 0.783. The van der Waals surface area contributed by atoms with E-state index in [4.69, 9.17) is 0 Å². The molecule has 0 aromatic carbocycles. The number of rotatable bonds is 1. The molecular formula is C23H36O2S. The number of carboxylic acid groups (broad SMARTS) is 1. The molecule has 1 aromatic rings. The molecule has 0 amide bonds. The lowest BCUT2D eigenvalue weighted by Crippen LogP contribution is -2.15. The van der Waals surface area contributed by atoms with Crippen molar-refractivity contribution in [1.29, 1.82) is 0 Å². The Labute approximate surface area is 163 Å². The van der Waals surface area contributed by atoms with Gasteiger partial charge in [0, 0.05) is 10.3 Å². The van der Waals surface area contributed by atoms with Gasteiger partial charge < -0.3 is 5.11 Å². The third-order valence-corrected chi connectivity index (χ3v) is 7.82. The van der Waals surface area contributed by atoms with E-state index in [9.17, 15) is 9.90 Å². The fourth-order valence-corrected chi connectivity index (χ4v) is 6.46. The lowest BCUT2D eigenvalue weighted by molar-refractivity contribution is 0.0696. The number of aryl methyl sites for hydroxylation is 1. The summed E-state index contributed by atoms with van der Waals surface area (Å²) in [5.41, 5.74) is 1.74. The van der Waals surface area contributed by atoms with E-state index in [0.29, 0.717) is 5.56 Å². The van der Waals surface area contributed by atoms with Crippen molar-refractivity contribution in [2.45, 2.75) is 96.8 Å². The summed E-state index contributed by atoms with van der Waals surface area (Å²) in [6.07, 6.45) is 18.3.